The first-order chi connectivity index (χ1) is 20.8. The number of aromatic nitrogens is 2. The number of likely N-dealkylation sites (tertiary alicyclic amines) is 1. The molecule has 1 aromatic carbocycles. The number of methoxy groups -OCH3 is 1. The van der Waals surface area contributed by atoms with E-state index in [4.69, 9.17) is 9.47 Å². The van der Waals surface area contributed by atoms with Crippen LogP contribution < -0.4 is 15.4 Å². The van der Waals surface area contributed by atoms with Crippen molar-refractivity contribution < 1.29 is 27.4 Å². The summed E-state index contributed by atoms with van der Waals surface area (Å²) in [5.41, 5.74) is 0.691. The van der Waals surface area contributed by atoms with Crippen LogP contribution in [0.15, 0.2) is 30.5 Å². The number of nitrogens with one attached hydrogen (secondary N) is 3. The van der Waals surface area contributed by atoms with Crippen LogP contribution in [0.25, 0.3) is 11.0 Å². The second-order valence-corrected chi connectivity index (χ2v) is 9.72. The van der Waals surface area contributed by atoms with Crippen molar-refractivity contribution in [2.45, 2.75) is 59.7 Å². The van der Waals surface area contributed by atoms with E-state index in [0.717, 1.165) is 45.3 Å². The summed E-state index contributed by atoms with van der Waals surface area (Å²) in [6.07, 6.45) is -1.73. The van der Waals surface area contributed by atoms with Crippen LogP contribution in [0.5, 0.6) is 5.75 Å². The van der Waals surface area contributed by atoms with Crippen molar-refractivity contribution in [2.75, 3.05) is 63.7 Å². The SMILES string of the molecule is CC.CC.CCNc1cc(Nc2ccc(C(=O)N3CCC(N4CCOCC4)CC3)cc2OC)nc2[nH]cc(C(F)(F)F)c12. The highest BCUT2D eigenvalue weighted by Gasteiger charge is 2.35. The second-order valence-electron chi connectivity index (χ2n) is 9.72. The number of ether oxygens (including phenoxy) is 2. The van der Waals surface area contributed by atoms with Gasteiger partial charge in [-0.3, -0.25) is 9.69 Å². The number of benzene rings is 1. The minimum absolute atomic E-state index is 0.0137. The number of nitrogens with zero attached hydrogens (tertiary/aromatic N) is 3. The molecule has 0 bridgehead atoms. The van der Waals surface area contributed by atoms with Crippen molar-refractivity contribution in [1.82, 2.24) is 19.8 Å². The van der Waals surface area contributed by atoms with Gasteiger partial charge in [-0.1, -0.05) is 27.7 Å². The number of rotatable bonds is 7. The molecule has 2 fully saturated rings. The lowest BCUT2D eigenvalue weighted by molar-refractivity contribution is -0.136. The number of anilines is 3. The fraction of sp³-hybridized carbons (Fsp3) is 0.548. The number of hydrogen-bond acceptors (Lipinski definition) is 7. The van der Waals surface area contributed by atoms with Crippen molar-refractivity contribution >= 4 is 34.1 Å². The summed E-state index contributed by atoms with van der Waals surface area (Å²) in [6, 6.07) is 7.14. The van der Waals surface area contributed by atoms with Crippen molar-refractivity contribution in [1.29, 1.82) is 0 Å². The summed E-state index contributed by atoms with van der Waals surface area (Å²) in [5, 5.41) is 6.12. The van der Waals surface area contributed by atoms with Gasteiger partial charge in [0.05, 0.1) is 37.0 Å². The molecule has 3 N–H and O–H groups in total. The van der Waals surface area contributed by atoms with Crippen molar-refractivity contribution in [3.63, 3.8) is 0 Å². The van der Waals surface area contributed by atoms with Gasteiger partial charge in [-0.25, -0.2) is 4.98 Å². The Kier molecular flexibility index (Phi) is 12.5. The van der Waals surface area contributed by atoms with Gasteiger partial charge in [0.1, 0.15) is 17.2 Å². The summed E-state index contributed by atoms with van der Waals surface area (Å²) in [6.45, 7) is 15.0. The molecule has 2 aliphatic heterocycles. The number of hydrogen-bond donors (Lipinski definition) is 3. The van der Waals surface area contributed by atoms with E-state index in [1.54, 1.807) is 18.2 Å². The lowest BCUT2D eigenvalue weighted by Crippen LogP contribution is -2.50. The van der Waals surface area contributed by atoms with Gasteiger partial charge in [0.25, 0.3) is 5.91 Å². The molecule has 0 unspecified atom stereocenters. The van der Waals surface area contributed by atoms with E-state index in [2.05, 4.69) is 25.5 Å². The highest BCUT2D eigenvalue weighted by molar-refractivity contribution is 5.97. The highest BCUT2D eigenvalue weighted by Crippen LogP contribution is 2.39. The lowest BCUT2D eigenvalue weighted by atomic mass is 10.0. The molecule has 5 rings (SSSR count). The molecule has 238 valence electrons. The van der Waals surface area contributed by atoms with Gasteiger partial charge >= 0.3 is 6.18 Å². The molecule has 0 aliphatic carbocycles. The van der Waals surface area contributed by atoms with E-state index < -0.39 is 11.7 Å². The molecule has 1 amide bonds. The minimum Gasteiger partial charge on any atom is -0.495 e. The number of aromatic amines is 1. The first-order valence-corrected chi connectivity index (χ1v) is 15.2. The Balaban J connectivity index is 0.00000121. The first kappa shape index (κ1) is 34.0. The molecular formula is C31H45F3N6O3. The van der Waals surface area contributed by atoms with E-state index in [-0.39, 0.29) is 16.9 Å². The molecule has 2 aromatic heterocycles. The predicted molar refractivity (Wildman–Crippen MR) is 166 cm³/mol. The summed E-state index contributed by atoms with van der Waals surface area (Å²) in [4.78, 5) is 24.6. The normalized spacial score (nSPS) is 16.1. The number of amides is 1. The van der Waals surface area contributed by atoms with Crippen molar-refractivity contribution in [3.05, 3.63) is 41.6 Å². The number of halogens is 3. The van der Waals surface area contributed by atoms with Crippen LogP contribution in [-0.2, 0) is 10.9 Å². The number of pyridine rings is 1. The number of carbonyl (C=O) groups excluding carboxylic acids is 1. The Morgan fingerprint density at radius 2 is 1.74 bits per heavy atom. The van der Waals surface area contributed by atoms with Crippen LogP contribution in [0.4, 0.5) is 30.4 Å². The third-order valence-corrected chi connectivity index (χ3v) is 7.34. The predicted octanol–water partition coefficient (Wildman–Crippen LogP) is 6.75. The standard InChI is InChI=1S/C27H33F3N6O3.2C2H6/c1-3-31-21-15-23(34-25-24(21)19(16-32-25)27(28,29)30)33-20-5-4-17(14-22(20)38-2)26(37)36-8-6-18(7-9-36)35-10-12-39-13-11-35;2*1-2/h4-5,14-16,18H,3,6-13H2,1-2H3,(H3,31,32,33,34);2*1-2H3. The maximum absolute atomic E-state index is 13.5. The molecule has 0 atom stereocenters. The molecular weight excluding hydrogens is 561 g/mol. The van der Waals surface area contributed by atoms with Gasteiger partial charge in [-0.2, -0.15) is 13.2 Å². The molecule has 0 radical (unpaired) electrons. The van der Waals surface area contributed by atoms with Gasteiger partial charge < -0.3 is 30.0 Å². The maximum Gasteiger partial charge on any atom is 0.418 e. The molecule has 2 aliphatic rings. The van der Waals surface area contributed by atoms with E-state index >= 15 is 0 Å². The smallest absolute Gasteiger partial charge is 0.418 e. The third kappa shape index (κ3) is 8.11. The molecule has 0 spiro atoms. The molecule has 4 heterocycles. The average Bonchev–Trinajstić information content (AvgIpc) is 3.49. The zero-order valence-electron chi connectivity index (χ0n) is 26.0. The number of piperidine rings is 1. The highest BCUT2D eigenvalue weighted by atomic mass is 19.4. The van der Waals surface area contributed by atoms with Gasteiger partial charge in [-0.05, 0) is 38.0 Å². The van der Waals surface area contributed by atoms with E-state index in [9.17, 15) is 18.0 Å². The quantitative estimate of drug-likeness (QED) is 0.274. The van der Waals surface area contributed by atoms with Gasteiger partial charge in [-0.15, -0.1) is 0 Å². The van der Waals surface area contributed by atoms with Crippen LogP contribution in [0.1, 0.15) is 63.4 Å². The van der Waals surface area contributed by atoms with E-state index in [1.807, 2.05) is 39.5 Å². The summed E-state index contributed by atoms with van der Waals surface area (Å²) in [7, 11) is 1.50. The molecule has 2 saturated heterocycles. The van der Waals surface area contributed by atoms with Crippen LogP contribution >= 0.6 is 0 Å². The Morgan fingerprint density at radius 1 is 1.07 bits per heavy atom. The van der Waals surface area contributed by atoms with Crippen LogP contribution in [-0.4, -0.2) is 84.8 Å². The van der Waals surface area contributed by atoms with Crippen LogP contribution in [0, 0.1) is 0 Å². The van der Waals surface area contributed by atoms with Crippen LogP contribution in [0.3, 0.4) is 0 Å². The number of H-pyrrole nitrogens is 1. The van der Waals surface area contributed by atoms with Crippen LogP contribution in [0.2, 0.25) is 0 Å². The van der Waals surface area contributed by atoms with E-state index in [1.165, 1.54) is 13.2 Å². The lowest BCUT2D eigenvalue weighted by Gasteiger charge is -2.40. The van der Waals surface area contributed by atoms with Gasteiger partial charge in [0.15, 0.2) is 0 Å². The third-order valence-electron chi connectivity index (χ3n) is 7.34. The maximum atomic E-state index is 13.5. The molecule has 3 aromatic rings. The summed E-state index contributed by atoms with van der Waals surface area (Å²) in [5.74, 6) is 0.704. The van der Waals surface area contributed by atoms with Crippen molar-refractivity contribution in [2.24, 2.45) is 0 Å². The Labute approximate surface area is 252 Å². The van der Waals surface area contributed by atoms with Crippen molar-refractivity contribution in [3.8, 4) is 5.75 Å². The molecule has 12 heteroatoms. The Bertz CT molecular complexity index is 1320. The Hall–Kier alpha value is -3.51. The largest absolute Gasteiger partial charge is 0.495 e. The number of fused-ring (bicyclic) bond motifs is 1. The summed E-state index contributed by atoms with van der Waals surface area (Å²) < 4.78 is 51.5. The molecule has 9 nitrogen and oxygen atoms in total. The number of carbonyl (C=O) groups is 1. The van der Waals surface area contributed by atoms with Gasteiger partial charge in [0.2, 0.25) is 0 Å². The first-order valence-electron chi connectivity index (χ1n) is 15.2. The topological polar surface area (TPSA) is 94.8 Å². The average molecular weight is 607 g/mol. The summed E-state index contributed by atoms with van der Waals surface area (Å²) >= 11 is 0. The van der Waals surface area contributed by atoms with E-state index in [0.29, 0.717) is 54.2 Å². The monoisotopic (exact) mass is 606 g/mol. The fourth-order valence-corrected chi connectivity index (χ4v) is 5.38. The molecule has 43 heavy (non-hydrogen) atoms. The second kappa shape index (κ2) is 15.8. The zero-order valence-corrected chi connectivity index (χ0v) is 26.0. The number of alkyl halides is 3. The fourth-order valence-electron chi connectivity index (χ4n) is 5.38. The Morgan fingerprint density at radius 3 is 2.35 bits per heavy atom. The number of morpholine rings is 1. The minimum atomic E-state index is -4.51. The zero-order chi connectivity index (χ0) is 31.6. The van der Waals surface area contributed by atoms with Gasteiger partial charge in [0, 0.05) is 62.3 Å². The molecule has 0 saturated carbocycles.